The van der Waals surface area contributed by atoms with Gasteiger partial charge in [0.05, 0.1) is 12.7 Å². The fourth-order valence-corrected chi connectivity index (χ4v) is 3.67. The molecule has 28 heavy (non-hydrogen) atoms. The first-order valence-corrected chi connectivity index (χ1v) is 10.3. The summed E-state index contributed by atoms with van der Waals surface area (Å²) in [7, 11) is 1.80. The predicted molar refractivity (Wildman–Crippen MR) is 110 cm³/mol. The molecule has 2 saturated heterocycles. The second kappa shape index (κ2) is 10.4. The molecule has 2 fully saturated rings. The second-order valence-corrected chi connectivity index (χ2v) is 7.26. The summed E-state index contributed by atoms with van der Waals surface area (Å²) in [5.41, 5.74) is 1.74. The van der Waals surface area contributed by atoms with Crippen LogP contribution in [-0.2, 0) is 16.0 Å². The fourth-order valence-electron chi connectivity index (χ4n) is 3.67. The predicted octanol–water partition coefficient (Wildman–Crippen LogP) is 1.78. The van der Waals surface area contributed by atoms with E-state index in [1.165, 1.54) is 0 Å². The Hall–Kier alpha value is -2.12. The summed E-state index contributed by atoms with van der Waals surface area (Å²) in [6, 6.07) is 7.71. The second-order valence-electron chi connectivity index (χ2n) is 7.26. The van der Waals surface area contributed by atoms with Crippen molar-refractivity contribution in [3.05, 3.63) is 35.4 Å². The first-order valence-electron chi connectivity index (χ1n) is 10.3. The van der Waals surface area contributed by atoms with Gasteiger partial charge in [0.15, 0.2) is 5.96 Å². The molecule has 7 heteroatoms. The summed E-state index contributed by atoms with van der Waals surface area (Å²) in [6.07, 6.45) is 3.40. The van der Waals surface area contributed by atoms with Crippen LogP contribution < -0.4 is 10.6 Å². The molecule has 0 spiro atoms. The Kier molecular flexibility index (Phi) is 7.68. The average molecular weight is 389 g/mol. The Morgan fingerprint density at radius 1 is 1.25 bits per heavy atom. The molecule has 0 aliphatic carbocycles. The minimum absolute atomic E-state index is 0.0272. The number of aliphatic imine (C=N–C) groups is 1. The van der Waals surface area contributed by atoms with Crippen molar-refractivity contribution in [3.8, 4) is 0 Å². The standard InChI is InChI=1S/C21H32N4O3/c1-3-9-23-20(26)17-7-4-6-16(13-17)14-24-21(22-2)25-10-12-28-19(15-25)18-8-5-11-27-18/h4,6-7,13,18-19H,3,5,8-12,14-15H2,1-2H3,(H,22,24)(H,23,26). The van der Waals surface area contributed by atoms with Gasteiger partial charge in [-0.15, -0.1) is 0 Å². The molecule has 7 nitrogen and oxygen atoms in total. The number of hydrogen-bond donors (Lipinski definition) is 2. The fraction of sp³-hybridized carbons (Fsp3) is 0.619. The van der Waals surface area contributed by atoms with Crippen molar-refractivity contribution < 1.29 is 14.3 Å². The first-order chi connectivity index (χ1) is 13.7. The third-order valence-electron chi connectivity index (χ3n) is 5.16. The van der Waals surface area contributed by atoms with Crippen LogP contribution in [0.3, 0.4) is 0 Å². The van der Waals surface area contributed by atoms with Gasteiger partial charge in [-0.1, -0.05) is 19.1 Å². The Labute approximate surface area is 167 Å². The first kappa shape index (κ1) is 20.6. The summed E-state index contributed by atoms with van der Waals surface area (Å²) in [6.45, 7) is 6.45. The van der Waals surface area contributed by atoms with Gasteiger partial charge in [0, 0.05) is 45.4 Å². The number of benzene rings is 1. The summed E-state index contributed by atoms with van der Waals surface area (Å²) < 4.78 is 11.7. The van der Waals surface area contributed by atoms with E-state index in [2.05, 4.69) is 20.5 Å². The van der Waals surface area contributed by atoms with Gasteiger partial charge < -0.3 is 25.0 Å². The Morgan fingerprint density at radius 3 is 2.86 bits per heavy atom. The zero-order valence-electron chi connectivity index (χ0n) is 16.9. The number of nitrogens with zero attached hydrogens (tertiary/aromatic N) is 2. The molecule has 3 rings (SSSR count). The van der Waals surface area contributed by atoms with Crippen molar-refractivity contribution in [2.75, 3.05) is 39.9 Å². The summed E-state index contributed by atoms with van der Waals surface area (Å²) in [5.74, 6) is 0.827. The largest absolute Gasteiger partial charge is 0.375 e. The van der Waals surface area contributed by atoms with E-state index in [9.17, 15) is 4.79 Å². The van der Waals surface area contributed by atoms with E-state index >= 15 is 0 Å². The number of carbonyl (C=O) groups is 1. The summed E-state index contributed by atoms with van der Waals surface area (Å²) in [4.78, 5) is 18.8. The average Bonchev–Trinajstić information content (AvgIpc) is 3.28. The summed E-state index contributed by atoms with van der Waals surface area (Å²) in [5, 5.41) is 6.34. The van der Waals surface area contributed by atoms with Gasteiger partial charge in [0.1, 0.15) is 6.10 Å². The zero-order chi connectivity index (χ0) is 19.8. The molecular formula is C21H32N4O3. The van der Waals surface area contributed by atoms with Crippen LogP contribution in [0.2, 0.25) is 0 Å². The van der Waals surface area contributed by atoms with Gasteiger partial charge in [0.2, 0.25) is 0 Å². The van der Waals surface area contributed by atoms with Crippen LogP contribution in [0.5, 0.6) is 0 Å². The Bertz CT molecular complexity index is 673. The normalized spacial score (nSPS) is 22.9. The van der Waals surface area contributed by atoms with Crippen LogP contribution in [0.4, 0.5) is 0 Å². The van der Waals surface area contributed by atoms with Gasteiger partial charge in [-0.25, -0.2) is 0 Å². The number of amides is 1. The molecule has 1 aromatic carbocycles. The molecule has 1 amide bonds. The molecule has 0 radical (unpaired) electrons. The third kappa shape index (κ3) is 5.45. The molecule has 2 unspecified atom stereocenters. The number of morpholine rings is 1. The minimum atomic E-state index is -0.0272. The topological polar surface area (TPSA) is 75.2 Å². The number of rotatable bonds is 6. The maximum Gasteiger partial charge on any atom is 0.251 e. The molecule has 0 aromatic heterocycles. The third-order valence-corrected chi connectivity index (χ3v) is 5.16. The van der Waals surface area contributed by atoms with Crippen LogP contribution in [0, 0.1) is 0 Å². The molecule has 0 saturated carbocycles. The van der Waals surface area contributed by atoms with Crippen LogP contribution in [0.1, 0.15) is 42.1 Å². The van der Waals surface area contributed by atoms with Gasteiger partial charge in [-0.2, -0.15) is 0 Å². The van der Waals surface area contributed by atoms with E-state index in [0.29, 0.717) is 25.3 Å². The molecule has 2 aliphatic heterocycles. The van der Waals surface area contributed by atoms with Gasteiger partial charge in [0.25, 0.3) is 5.91 Å². The molecule has 1 aromatic rings. The minimum Gasteiger partial charge on any atom is -0.375 e. The SMILES string of the molecule is CCCNC(=O)c1cccc(CNC(=NC)N2CCOC(C3CCCO3)C2)c1. The lowest BCUT2D eigenvalue weighted by Gasteiger charge is -2.37. The van der Waals surface area contributed by atoms with E-state index in [0.717, 1.165) is 50.5 Å². The lowest BCUT2D eigenvalue weighted by Crippen LogP contribution is -2.53. The Balaban J connectivity index is 1.55. The number of carbonyl (C=O) groups excluding carboxylic acids is 1. The van der Waals surface area contributed by atoms with Gasteiger partial charge in [-0.05, 0) is 37.0 Å². The number of ether oxygens (including phenoxy) is 2. The quantitative estimate of drug-likeness (QED) is 0.574. The number of hydrogen-bond acceptors (Lipinski definition) is 4. The monoisotopic (exact) mass is 388 g/mol. The van der Waals surface area contributed by atoms with Crippen LogP contribution in [0.25, 0.3) is 0 Å². The van der Waals surface area contributed by atoms with Crippen molar-refractivity contribution in [1.29, 1.82) is 0 Å². The van der Waals surface area contributed by atoms with Crippen molar-refractivity contribution in [3.63, 3.8) is 0 Å². The lowest BCUT2D eigenvalue weighted by molar-refractivity contribution is -0.0817. The van der Waals surface area contributed by atoms with E-state index < -0.39 is 0 Å². The molecule has 2 N–H and O–H groups in total. The molecule has 2 aliphatic rings. The maximum absolute atomic E-state index is 12.2. The van der Waals surface area contributed by atoms with Crippen molar-refractivity contribution in [1.82, 2.24) is 15.5 Å². The highest BCUT2D eigenvalue weighted by molar-refractivity contribution is 5.94. The van der Waals surface area contributed by atoms with Crippen LogP contribution in [0.15, 0.2) is 29.3 Å². The maximum atomic E-state index is 12.2. The van der Waals surface area contributed by atoms with Crippen LogP contribution >= 0.6 is 0 Å². The highest BCUT2D eigenvalue weighted by atomic mass is 16.5. The highest BCUT2D eigenvalue weighted by Crippen LogP contribution is 2.21. The number of guanidine groups is 1. The van der Waals surface area contributed by atoms with Crippen molar-refractivity contribution in [2.45, 2.75) is 44.9 Å². The highest BCUT2D eigenvalue weighted by Gasteiger charge is 2.32. The molecular weight excluding hydrogens is 356 g/mol. The van der Waals surface area contributed by atoms with Crippen LogP contribution in [-0.4, -0.2) is 68.9 Å². The molecule has 2 atom stereocenters. The van der Waals surface area contributed by atoms with Gasteiger partial charge in [-0.3, -0.25) is 9.79 Å². The molecule has 154 valence electrons. The van der Waals surface area contributed by atoms with E-state index in [-0.39, 0.29) is 18.1 Å². The Morgan fingerprint density at radius 2 is 2.11 bits per heavy atom. The van der Waals surface area contributed by atoms with Gasteiger partial charge >= 0.3 is 0 Å². The van der Waals surface area contributed by atoms with Crippen molar-refractivity contribution in [2.24, 2.45) is 4.99 Å². The van der Waals surface area contributed by atoms with Crippen molar-refractivity contribution >= 4 is 11.9 Å². The van der Waals surface area contributed by atoms with E-state index in [1.54, 1.807) is 7.05 Å². The molecule has 0 bridgehead atoms. The lowest BCUT2D eigenvalue weighted by atomic mass is 10.1. The summed E-state index contributed by atoms with van der Waals surface area (Å²) >= 11 is 0. The van der Waals surface area contributed by atoms with E-state index in [4.69, 9.17) is 9.47 Å². The smallest absolute Gasteiger partial charge is 0.251 e. The number of nitrogens with one attached hydrogen (secondary N) is 2. The zero-order valence-corrected chi connectivity index (χ0v) is 16.9. The van der Waals surface area contributed by atoms with E-state index in [1.807, 2.05) is 31.2 Å². The molecule has 2 heterocycles.